The first kappa shape index (κ1) is 11.9. The molecule has 1 atom stereocenters. The molecule has 0 saturated heterocycles. The van der Waals surface area contributed by atoms with E-state index in [4.69, 9.17) is 5.11 Å². The Hall–Kier alpha value is -0.0800. The van der Waals surface area contributed by atoms with Gasteiger partial charge in [-0.25, -0.2) is 0 Å². The molecular formula is C10H22O2. The molecule has 0 heterocycles. The summed E-state index contributed by atoms with van der Waals surface area (Å²) in [6.07, 6.45) is 3.71. The van der Waals surface area contributed by atoms with E-state index in [0.717, 1.165) is 25.7 Å². The highest BCUT2D eigenvalue weighted by molar-refractivity contribution is 4.75. The summed E-state index contributed by atoms with van der Waals surface area (Å²) in [6, 6.07) is 0. The van der Waals surface area contributed by atoms with E-state index in [1.54, 1.807) is 0 Å². The Kier molecular flexibility index (Phi) is 5.51. The van der Waals surface area contributed by atoms with Crippen molar-refractivity contribution in [2.75, 3.05) is 6.61 Å². The fourth-order valence-electron chi connectivity index (χ4n) is 1.06. The fraction of sp³-hybridized carbons (Fsp3) is 1.00. The third kappa shape index (κ3) is 4.73. The second-order valence-electron chi connectivity index (χ2n) is 4.05. The number of hydrogen-bond acceptors (Lipinski definition) is 2. The SMILES string of the molecule is CC(C)C(C)(O)CCCCCO. The number of rotatable bonds is 6. The molecule has 0 saturated carbocycles. The molecule has 0 fully saturated rings. The van der Waals surface area contributed by atoms with Crippen LogP contribution in [0.4, 0.5) is 0 Å². The third-order valence-electron chi connectivity index (χ3n) is 2.58. The quantitative estimate of drug-likeness (QED) is 0.604. The topological polar surface area (TPSA) is 40.5 Å². The number of unbranched alkanes of at least 4 members (excludes halogenated alkanes) is 2. The van der Waals surface area contributed by atoms with Gasteiger partial charge in [0.1, 0.15) is 0 Å². The summed E-state index contributed by atoms with van der Waals surface area (Å²) >= 11 is 0. The van der Waals surface area contributed by atoms with Crippen LogP contribution in [0.5, 0.6) is 0 Å². The molecule has 0 aromatic heterocycles. The maximum atomic E-state index is 9.83. The average Bonchev–Trinajstić information content (AvgIpc) is 1.98. The van der Waals surface area contributed by atoms with Crippen molar-refractivity contribution in [2.45, 2.75) is 52.1 Å². The third-order valence-corrected chi connectivity index (χ3v) is 2.58. The molecule has 0 aromatic rings. The molecule has 0 aliphatic rings. The molecule has 0 aliphatic heterocycles. The lowest BCUT2D eigenvalue weighted by atomic mass is 9.87. The summed E-state index contributed by atoms with van der Waals surface area (Å²) in [7, 11) is 0. The molecule has 0 radical (unpaired) electrons. The first-order valence-corrected chi connectivity index (χ1v) is 4.84. The second-order valence-corrected chi connectivity index (χ2v) is 4.05. The van der Waals surface area contributed by atoms with Crippen LogP contribution in [0.1, 0.15) is 46.5 Å². The van der Waals surface area contributed by atoms with E-state index in [9.17, 15) is 5.11 Å². The number of aliphatic hydroxyl groups excluding tert-OH is 1. The first-order chi connectivity index (χ1) is 5.50. The van der Waals surface area contributed by atoms with E-state index in [2.05, 4.69) is 0 Å². The fourth-order valence-corrected chi connectivity index (χ4v) is 1.06. The summed E-state index contributed by atoms with van der Waals surface area (Å²) < 4.78 is 0. The summed E-state index contributed by atoms with van der Waals surface area (Å²) in [5, 5.41) is 18.4. The van der Waals surface area contributed by atoms with E-state index in [0.29, 0.717) is 5.92 Å². The maximum absolute atomic E-state index is 9.83. The largest absolute Gasteiger partial charge is 0.396 e. The van der Waals surface area contributed by atoms with Crippen molar-refractivity contribution in [2.24, 2.45) is 5.92 Å². The van der Waals surface area contributed by atoms with Gasteiger partial charge < -0.3 is 10.2 Å². The minimum absolute atomic E-state index is 0.268. The monoisotopic (exact) mass is 174 g/mol. The molecule has 0 rings (SSSR count). The summed E-state index contributed by atoms with van der Waals surface area (Å²) in [5.41, 5.74) is -0.532. The van der Waals surface area contributed by atoms with E-state index in [1.165, 1.54) is 0 Å². The standard InChI is InChI=1S/C10H22O2/c1-9(2)10(3,12)7-5-4-6-8-11/h9,11-12H,4-8H2,1-3H3. The van der Waals surface area contributed by atoms with Crippen LogP contribution >= 0.6 is 0 Å². The second kappa shape index (κ2) is 5.55. The van der Waals surface area contributed by atoms with Crippen LogP contribution in [-0.2, 0) is 0 Å². The zero-order valence-corrected chi connectivity index (χ0v) is 8.51. The molecule has 1 unspecified atom stereocenters. The van der Waals surface area contributed by atoms with Gasteiger partial charge in [0.2, 0.25) is 0 Å². The Labute approximate surface area is 75.6 Å². The predicted molar refractivity (Wildman–Crippen MR) is 51.0 cm³/mol. The molecule has 2 nitrogen and oxygen atoms in total. The van der Waals surface area contributed by atoms with Gasteiger partial charge in [0.15, 0.2) is 0 Å². The zero-order valence-electron chi connectivity index (χ0n) is 8.51. The highest BCUT2D eigenvalue weighted by atomic mass is 16.3. The lowest BCUT2D eigenvalue weighted by Gasteiger charge is -2.27. The molecule has 0 aromatic carbocycles. The normalized spacial score (nSPS) is 16.5. The van der Waals surface area contributed by atoms with Crippen LogP contribution in [0.15, 0.2) is 0 Å². The predicted octanol–water partition coefficient (Wildman–Crippen LogP) is 1.95. The molecule has 2 N–H and O–H groups in total. The highest BCUT2D eigenvalue weighted by Gasteiger charge is 2.23. The molecule has 2 heteroatoms. The van der Waals surface area contributed by atoms with Gasteiger partial charge in [0.05, 0.1) is 5.60 Å². The molecule has 12 heavy (non-hydrogen) atoms. The van der Waals surface area contributed by atoms with Crippen molar-refractivity contribution >= 4 is 0 Å². The van der Waals surface area contributed by atoms with E-state index >= 15 is 0 Å². The molecule has 0 spiro atoms. The summed E-state index contributed by atoms with van der Waals surface area (Å²) in [4.78, 5) is 0. The Morgan fingerprint density at radius 1 is 1.17 bits per heavy atom. The zero-order chi connectivity index (χ0) is 9.61. The molecule has 74 valence electrons. The smallest absolute Gasteiger partial charge is 0.0642 e. The van der Waals surface area contributed by atoms with Crippen molar-refractivity contribution in [1.29, 1.82) is 0 Å². The number of hydrogen-bond donors (Lipinski definition) is 2. The van der Waals surface area contributed by atoms with Gasteiger partial charge >= 0.3 is 0 Å². The van der Waals surface area contributed by atoms with Crippen molar-refractivity contribution in [3.63, 3.8) is 0 Å². The Morgan fingerprint density at radius 3 is 2.17 bits per heavy atom. The maximum Gasteiger partial charge on any atom is 0.0642 e. The van der Waals surface area contributed by atoms with Gasteiger partial charge in [-0.2, -0.15) is 0 Å². The van der Waals surface area contributed by atoms with Crippen molar-refractivity contribution < 1.29 is 10.2 Å². The molecule has 0 amide bonds. The lowest BCUT2D eigenvalue weighted by Crippen LogP contribution is -2.30. The van der Waals surface area contributed by atoms with Crippen LogP contribution in [0.3, 0.4) is 0 Å². The van der Waals surface area contributed by atoms with E-state index in [-0.39, 0.29) is 6.61 Å². The van der Waals surface area contributed by atoms with Gasteiger partial charge in [0, 0.05) is 6.61 Å². The molecule has 0 bridgehead atoms. The summed E-state index contributed by atoms with van der Waals surface area (Å²) in [5.74, 6) is 0.312. The van der Waals surface area contributed by atoms with Gasteiger partial charge in [-0.15, -0.1) is 0 Å². The Balaban J connectivity index is 3.47. The lowest BCUT2D eigenvalue weighted by molar-refractivity contribution is 0.00286. The van der Waals surface area contributed by atoms with Crippen molar-refractivity contribution in [3.8, 4) is 0 Å². The van der Waals surface area contributed by atoms with E-state index in [1.807, 2.05) is 20.8 Å². The Bertz CT molecular complexity index is 108. The van der Waals surface area contributed by atoms with E-state index < -0.39 is 5.60 Å². The first-order valence-electron chi connectivity index (χ1n) is 4.84. The van der Waals surface area contributed by atoms with Gasteiger partial charge in [-0.3, -0.25) is 0 Å². The van der Waals surface area contributed by atoms with Crippen molar-refractivity contribution in [3.05, 3.63) is 0 Å². The molecular weight excluding hydrogens is 152 g/mol. The van der Waals surface area contributed by atoms with Crippen LogP contribution in [-0.4, -0.2) is 22.4 Å². The van der Waals surface area contributed by atoms with Gasteiger partial charge in [-0.05, 0) is 25.7 Å². The average molecular weight is 174 g/mol. The molecule has 0 aliphatic carbocycles. The Morgan fingerprint density at radius 2 is 1.75 bits per heavy atom. The van der Waals surface area contributed by atoms with Crippen LogP contribution in [0, 0.1) is 5.92 Å². The minimum Gasteiger partial charge on any atom is -0.396 e. The van der Waals surface area contributed by atoms with Gasteiger partial charge in [0.25, 0.3) is 0 Å². The minimum atomic E-state index is -0.532. The summed E-state index contributed by atoms with van der Waals surface area (Å²) in [6.45, 7) is 6.22. The number of aliphatic hydroxyl groups is 2. The van der Waals surface area contributed by atoms with Crippen LogP contribution < -0.4 is 0 Å². The highest BCUT2D eigenvalue weighted by Crippen LogP contribution is 2.22. The van der Waals surface area contributed by atoms with Crippen LogP contribution in [0.2, 0.25) is 0 Å². The van der Waals surface area contributed by atoms with Crippen LogP contribution in [0.25, 0.3) is 0 Å². The van der Waals surface area contributed by atoms with Gasteiger partial charge in [-0.1, -0.05) is 26.7 Å². The van der Waals surface area contributed by atoms with Crippen molar-refractivity contribution in [1.82, 2.24) is 0 Å².